The first kappa shape index (κ1) is 23.4. The summed E-state index contributed by atoms with van der Waals surface area (Å²) in [5, 5.41) is 15.0. The first-order chi connectivity index (χ1) is 16.7. The van der Waals surface area contributed by atoms with E-state index in [0.29, 0.717) is 12.8 Å². The van der Waals surface area contributed by atoms with Gasteiger partial charge in [-0.2, -0.15) is 0 Å². The smallest absolute Gasteiger partial charge is 0.408 e. The SMILES string of the molecule is CC(C)C(NC(=O)C1(NC(=O)OCC2c3ccccc3-c3ccccc32)CC2(CCC2)C1)C(=O)O. The largest absolute Gasteiger partial charge is 0.480 e. The van der Waals surface area contributed by atoms with E-state index in [1.807, 2.05) is 24.3 Å². The van der Waals surface area contributed by atoms with Crippen LogP contribution in [0.3, 0.4) is 0 Å². The number of hydrogen-bond donors (Lipinski definition) is 3. The van der Waals surface area contributed by atoms with Crippen LogP contribution in [0.15, 0.2) is 48.5 Å². The van der Waals surface area contributed by atoms with E-state index >= 15 is 0 Å². The van der Waals surface area contributed by atoms with E-state index in [0.717, 1.165) is 41.5 Å². The molecule has 0 saturated heterocycles. The third kappa shape index (κ3) is 4.07. The van der Waals surface area contributed by atoms with Gasteiger partial charge in [-0.05, 0) is 59.3 Å². The number of hydrogen-bond acceptors (Lipinski definition) is 4. The van der Waals surface area contributed by atoms with Crippen LogP contribution in [0, 0.1) is 11.3 Å². The van der Waals surface area contributed by atoms with Gasteiger partial charge in [-0.1, -0.05) is 68.8 Å². The fourth-order valence-corrected chi connectivity index (χ4v) is 6.19. The molecule has 0 bridgehead atoms. The lowest BCUT2D eigenvalue weighted by Gasteiger charge is -2.59. The summed E-state index contributed by atoms with van der Waals surface area (Å²) in [5.74, 6) is -1.87. The van der Waals surface area contributed by atoms with Gasteiger partial charge < -0.3 is 20.5 Å². The zero-order chi connectivity index (χ0) is 24.8. The molecular weight excluding hydrogens is 444 g/mol. The van der Waals surface area contributed by atoms with Gasteiger partial charge in [0, 0.05) is 5.92 Å². The Balaban J connectivity index is 1.29. The maximum atomic E-state index is 13.3. The number of rotatable bonds is 7. The number of carboxylic acids is 1. The number of ether oxygens (including phenoxy) is 1. The summed E-state index contributed by atoms with van der Waals surface area (Å²) in [6.45, 7) is 3.66. The second-order valence-corrected chi connectivity index (χ2v) is 10.8. The van der Waals surface area contributed by atoms with Crippen molar-refractivity contribution in [1.29, 1.82) is 0 Å². The van der Waals surface area contributed by atoms with Gasteiger partial charge in [-0.3, -0.25) is 4.79 Å². The molecular formula is C28H32N2O5. The van der Waals surface area contributed by atoms with Gasteiger partial charge in [-0.25, -0.2) is 9.59 Å². The minimum absolute atomic E-state index is 0.0739. The third-order valence-electron chi connectivity index (χ3n) is 8.11. The van der Waals surface area contributed by atoms with Gasteiger partial charge in [0.1, 0.15) is 18.2 Å². The van der Waals surface area contributed by atoms with Crippen molar-refractivity contribution >= 4 is 18.0 Å². The molecule has 2 amide bonds. The van der Waals surface area contributed by atoms with Crippen LogP contribution < -0.4 is 10.6 Å². The predicted octanol–water partition coefficient (Wildman–Crippen LogP) is 4.45. The van der Waals surface area contributed by atoms with Crippen LogP contribution in [0.4, 0.5) is 4.79 Å². The number of fused-ring (bicyclic) bond motifs is 3. The first-order valence-electron chi connectivity index (χ1n) is 12.4. The molecule has 2 saturated carbocycles. The molecule has 7 heteroatoms. The summed E-state index contributed by atoms with van der Waals surface area (Å²) in [4.78, 5) is 37.9. The summed E-state index contributed by atoms with van der Waals surface area (Å²) in [6, 6.07) is 15.2. The number of aliphatic carboxylic acids is 1. The topological polar surface area (TPSA) is 105 Å². The molecule has 2 fully saturated rings. The van der Waals surface area contributed by atoms with Crippen molar-refractivity contribution in [3.8, 4) is 11.1 Å². The van der Waals surface area contributed by atoms with Crippen LogP contribution in [-0.4, -0.2) is 41.3 Å². The fourth-order valence-electron chi connectivity index (χ4n) is 6.19. The molecule has 3 aliphatic carbocycles. The standard InChI is InChI=1S/C28H32N2O5/c1-17(2)23(24(31)32)29-25(33)28(15-27(16-28)12-7-13-27)30-26(34)35-14-22-20-10-5-3-8-18(20)19-9-4-6-11-21(19)22/h3-6,8-11,17,22-23H,7,12-16H2,1-2H3,(H,29,33)(H,30,34)(H,31,32). The van der Waals surface area contributed by atoms with Crippen LogP contribution in [0.2, 0.25) is 0 Å². The molecule has 7 nitrogen and oxygen atoms in total. The Morgan fingerprint density at radius 2 is 1.57 bits per heavy atom. The zero-order valence-electron chi connectivity index (χ0n) is 20.2. The van der Waals surface area contributed by atoms with E-state index in [2.05, 4.69) is 34.9 Å². The Morgan fingerprint density at radius 3 is 2.06 bits per heavy atom. The highest BCUT2D eigenvalue weighted by Gasteiger charge is 2.62. The molecule has 35 heavy (non-hydrogen) atoms. The Kier molecular flexibility index (Phi) is 5.82. The van der Waals surface area contributed by atoms with Crippen LogP contribution in [-0.2, 0) is 14.3 Å². The van der Waals surface area contributed by atoms with E-state index in [4.69, 9.17) is 4.74 Å². The monoisotopic (exact) mass is 476 g/mol. The second-order valence-electron chi connectivity index (χ2n) is 10.8. The number of carbonyl (C=O) groups is 3. The Labute approximate surface area is 205 Å². The highest BCUT2D eigenvalue weighted by atomic mass is 16.5. The highest BCUT2D eigenvalue weighted by Crippen LogP contribution is 2.60. The van der Waals surface area contributed by atoms with Crippen molar-refractivity contribution in [3.05, 3.63) is 59.7 Å². The molecule has 5 rings (SSSR count). The lowest BCUT2D eigenvalue weighted by molar-refractivity contribution is -0.150. The van der Waals surface area contributed by atoms with E-state index in [1.54, 1.807) is 13.8 Å². The van der Waals surface area contributed by atoms with Crippen molar-refractivity contribution < 1.29 is 24.2 Å². The average Bonchev–Trinajstić information content (AvgIpc) is 3.10. The maximum absolute atomic E-state index is 13.3. The molecule has 184 valence electrons. The Hall–Kier alpha value is -3.35. The van der Waals surface area contributed by atoms with E-state index in [9.17, 15) is 19.5 Å². The van der Waals surface area contributed by atoms with E-state index in [-0.39, 0.29) is 23.9 Å². The second kappa shape index (κ2) is 8.70. The maximum Gasteiger partial charge on any atom is 0.408 e. The van der Waals surface area contributed by atoms with Gasteiger partial charge in [-0.15, -0.1) is 0 Å². The molecule has 1 unspecified atom stereocenters. The highest BCUT2D eigenvalue weighted by molar-refractivity contribution is 5.94. The lowest BCUT2D eigenvalue weighted by Crippen LogP contribution is -2.71. The zero-order valence-corrected chi connectivity index (χ0v) is 20.2. The van der Waals surface area contributed by atoms with Crippen LogP contribution in [0.1, 0.15) is 63.0 Å². The van der Waals surface area contributed by atoms with Gasteiger partial charge in [0.25, 0.3) is 0 Å². The molecule has 0 aromatic heterocycles. The van der Waals surface area contributed by atoms with Crippen LogP contribution in [0.25, 0.3) is 11.1 Å². The first-order valence-corrected chi connectivity index (χ1v) is 12.4. The van der Waals surface area contributed by atoms with Crippen molar-refractivity contribution in [2.75, 3.05) is 6.61 Å². The number of nitrogens with one attached hydrogen (secondary N) is 2. The van der Waals surface area contributed by atoms with Crippen LogP contribution >= 0.6 is 0 Å². The normalized spacial score (nSPS) is 19.6. The number of amides is 2. The molecule has 3 N–H and O–H groups in total. The van der Waals surface area contributed by atoms with Gasteiger partial charge >= 0.3 is 12.1 Å². The number of carboxylic acid groups (broad SMARTS) is 1. The number of alkyl carbamates (subject to hydrolysis) is 1. The molecule has 2 aromatic carbocycles. The Morgan fingerprint density at radius 1 is 1.00 bits per heavy atom. The quantitative estimate of drug-likeness (QED) is 0.548. The van der Waals surface area contributed by atoms with Crippen molar-refractivity contribution in [1.82, 2.24) is 10.6 Å². The molecule has 0 radical (unpaired) electrons. The molecule has 0 heterocycles. The average molecular weight is 477 g/mol. The number of carbonyl (C=O) groups excluding carboxylic acids is 2. The Bertz CT molecular complexity index is 1120. The predicted molar refractivity (Wildman–Crippen MR) is 131 cm³/mol. The fraction of sp³-hybridized carbons (Fsp3) is 0.464. The summed E-state index contributed by atoms with van der Waals surface area (Å²) in [7, 11) is 0. The third-order valence-corrected chi connectivity index (χ3v) is 8.11. The van der Waals surface area contributed by atoms with Crippen molar-refractivity contribution in [3.63, 3.8) is 0 Å². The molecule has 0 aliphatic heterocycles. The minimum Gasteiger partial charge on any atom is -0.480 e. The van der Waals surface area contributed by atoms with Gasteiger partial charge in [0.2, 0.25) is 5.91 Å². The van der Waals surface area contributed by atoms with Crippen LogP contribution in [0.5, 0.6) is 0 Å². The molecule has 2 aromatic rings. The van der Waals surface area contributed by atoms with E-state index < -0.39 is 29.6 Å². The molecule has 1 atom stereocenters. The molecule has 1 spiro atoms. The summed E-state index contributed by atoms with van der Waals surface area (Å²) in [5.41, 5.74) is 3.47. The summed E-state index contributed by atoms with van der Waals surface area (Å²) < 4.78 is 5.69. The summed E-state index contributed by atoms with van der Waals surface area (Å²) >= 11 is 0. The molecule has 3 aliphatic rings. The van der Waals surface area contributed by atoms with Gasteiger partial charge in [0.05, 0.1) is 0 Å². The van der Waals surface area contributed by atoms with Gasteiger partial charge in [0.15, 0.2) is 0 Å². The lowest BCUT2D eigenvalue weighted by atomic mass is 9.48. The minimum atomic E-state index is -1.13. The number of benzene rings is 2. The van der Waals surface area contributed by atoms with E-state index in [1.165, 1.54) is 0 Å². The van der Waals surface area contributed by atoms with Crippen molar-refractivity contribution in [2.45, 2.75) is 63.5 Å². The summed E-state index contributed by atoms with van der Waals surface area (Å²) in [6.07, 6.45) is 3.56. The van der Waals surface area contributed by atoms with Crippen molar-refractivity contribution in [2.24, 2.45) is 11.3 Å².